The van der Waals surface area contributed by atoms with Crippen molar-refractivity contribution in [2.45, 2.75) is 6.61 Å². The molecule has 29 heavy (non-hydrogen) atoms. The normalized spacial score (nSPS) is 11.4. The Morgan fingerprint density at radius 2 is 1.59 bits per heavy atom. The topological polar surface area (TPSA) is 39.4 Å². The number of hydrogen-bond donors (Lipinski definition) is 0. The number of oxime groups is 1. The van der Waals surface area contributed by atoms with Crippen LogP contribution < -0.4 is 0 Å². The van der Waals surface area contributed by atoms with Gasteiger partial charge in [0.2, 0.25) is 0 Å². The van der Waals surface area contributed by atoms with Gasteiger partial charge in [-0.1, -0.05) is 70.8 Å². The zero-order valence-electron chi connectivity index (χ0n) is 15.4. The van der Waals surface area contributed by atoms with Gasteiger partial charge >= 0.3 is 0 Å². The first-order valence-electron chi connectivity index (χ1n) is 8.99. The molecule has 0 spiro atoms. The van der Waals surface area contributed by atoms with Gasteiger partial charge in [0.25, 0.3) is 0 Å². The monoisotopic (exact) mass is 421 g/mol. The van der Waals surface area contributed by atoms with E-state index in [0.717, 1.165) is 22.4 Å². The van der Waals surface area contributed by atoms with Crippen molar-refractivity contribution in [3.63, 3.8) is 0 Å². The molecule has 1 aromatic heterocycles. The van der Waals surface area contributed by atoms with E-state index in [0.29, 0.717) is 22.4 Å². The van der Waals surface area contributed by atoms with Crippen molar-refractivity contribution in [1.82, 2.24) is 9.55 Å². The molecule has 0 aliphatic rings. The van der Waals surface area contributed by atoms with Crippen LogP contribution in [0.25, 0.3) is 5.69 Å². The second-order valence-corrected chi connectivity index (χ2v) is 7.21. The maximum Gasteiger partial charge on any atom is 0.142 e. The highest BCUT2D eigenvalue weighted by Gasteiger charge is 2.14. The van der Waals surface area contributed by atoms with Crippen LogP contribution in [0.1, 0.15) is 16.7 Å². The highest BCUT2D eigenvalue weighted by molar-refractivity contribution is 6.31. The Morgan fingerprint density at radius 3 is 2.28 bits per heavy atom. The Morgan fingerprint density at radius 1 is 0.897 bits per heavy atom. The molecular weight excluding hydrogens is 405 g/mol. The smallest absolute Gasteiger partial charge is 0.142 e. The third-order valence-electron chi connectivity index (χ3n) is 4.36. The number of benzene rings is 3. The SMILES string of the molecule is Clc1ccc(CON=C(c2ccc(Cl)cc2)c2ccccc2-n2ccnc2)cc1. The summed E-state index contributed by atoms with van der Waals surface area (Å²) in [6, 6.07) is 23.0. The van der Waals surface area contributed by atoms with E-state index in [2.05, 4.69) is 10.1 Å². The number of nitrogens with zero attached hydrogens (tertiary/aromatic N) is 3. The molecule has 4 aromatic rings. The average molecular weight is 422 g/mol. The van der Waals surface area contributed by atoms with Crippen molar-refractivity contribution >= 4 is 28.9 Å². The summed E-state index contributed by atoms with van der Waals surface area (Å²) >= 11 is 12.0. The molecular formula is C23H17Cl2N3O. The Hall–Kier alpha value is -3.08. The maximum atomic E-state index is 6.08. The molecule has 0 unspecified atom stereocenters. The molecule has 0 radical (unpaired) electrons. The molecule has 0 saturated carbocycles. The van der Waals surface area contributed by atoms with Crippen molar-refractivity contribution in [3.8, 4) is 5.69 Å². The molecule has 144 valence electrons. The zero-order valence-corrected chi connectivity index (χ0v) is 16.9. The van der Waals surface area contributed by atoms with E-state index in [1.807, 2.05) is 83.6 Å². The van der Waals surface area contributed by atoms with Crippen LogP contribution in [0.4, 0.5) is 0 Å². The number of aromatic nitrogens is 2. The van der Waals surface area contributed by atoms with Crippen LogP contribution in [-0.2, 0) is 11.4 Å². The van der Waals surface area contributed by atoms with E-state index < -0.39 is 0 Å². The van der Waals surface area contributed by atoms with E-state index in [-0.39, 0.29) is 0 Å². The number of hydrogen-bond acceptors (Lipinski definition) is 3. The van der Waals surface area contributed by atoms with Crippen molar-refractivity contribution in [1.29, 1.82) is 0 Å². The summed E-state index contributed by atoms with van der Waals surface area (Å²) < 4.78 is 1.94. The lowest BCUT2D eigenvalue weighted by molar-refractivity contribution is 0.131. The number of halogens is 2. The van der Waals surface area contributed by atoms with Crippen LogP contribution in [0.3, 0.4) is 0 Å². The first-order chi connectivity index (χ1) is 14.2. The second kappa shape index (κ2) is 8.95. The molecule has 6 heteroatoms. The lowest BCUT2D eigenvalue weighted by atomic mass is 10.0. The molecule has 0 N–H and O–H groups in total. The third kappa shape index (κ3) is 4.67. The summed E-state index contributed by atoms with van der Waals surface area (Å²) in [6.45, 7) is 0.335. The van der Waals surface area contributed by atoms with Gasteiger partial charge in [-0.15, -0.1) is 0 Å². The standard InChI is InChI=1S/C23H17Cl2N3O/c24-19-9-5-17(6-10-19)15-29-27-23(18-7-11-20(25)12-8-18)21-3-1-2-4-22(21)28-14-13-26-16-28/h1-14,16H,15H2. The number of imidazole rings is 1. The molecule has 0 aliphatic carbocycles. The first-order valence-corrected chi connectivity index (χ1v) is 9.74. The summed E-state index contributed by atoms with van der Waals surface area (Å²) in [5.74, 6) is 0. The molecule has 0 amide bonds. The summed E-state index contributed by atoms with van der Waals surface area (Å²) in [4.78, 5) is 9.88. The molecule has 1 heterocycles. The quantitative estimate of drug-likeness (QED) is 0.276. The van der Waals surface area contributed by atoms with Crippen LogP contribution in [0.15, 0.2) is 96.7 Å². The highest BCUT2D eigenvalue weighted by Crippen LogP contribution is 2.21. The minimum atomic E-state index is 0.335. The van der Waals surface area contributed by atoms with E-state index in [1.54, 1.807) is 12.5 Å². The van der Waals surface area contributed by atoms with E-state index in [4.69, 9.17) is 28.0 Å². The minimum Gasteiger partial charge on any atom is -0.390 e. The van der Waals surface area contributed by atoms with Crippen LogP contribution in [0.2, 0.25) is 10.0 Å². The van der Waals surface area contributed by atoms with Crippen molar-refractivity contribution in [2.24, 2.45) is 5.16 Å². The largest absolute Gasteiger partial charge is 0.390 e. The van der Waals surface area contributed by atoms with Gasteiger partial charge in [0.15, 0.2) is 0 Å². The average Bonchev–Trinajstić information content (AvgIpc) is 3.28. The summed E-state index contributed by atoms with van der Waals surface area (Å²) in [6.07, 6.45) is 5.40. The van der Waals surface area contributed by atoms with Gasteiger partial charge in [-0.05, 0) is 35.9 Å². The lowest BCUT2D eigenvalue weighted by Gasteiger charge is -2.13. The fourth-order valence-corrected chi connectivity index (χ4v) is 3.17. The van der Waals surface area contributed by atoms with Gasteiger partial charge in [0.05, 0.1) is 12.0 Å². The molecule has 0 atom stereocenters. The van der Waals surface area contributed by atoms with Crippen molar-refractivity contribution in [2.75, 3.05) is 0 Å². The van der Waals surface area contributed by atoms with Crippen molar-refractivity contribution in [3.05, 3.63) is 118 Å². The zero-order chi connectivity index (χ0) is 20.1. The fraction of sp³-hybridized carbons (Fsp3) is 0.0435. The molecule has 0 saturated heterocycles. The van der Waals surface area contributed by atoms with E-state index >= 15 is 0 Å². The number of para-hydroxylation sites is 1. The maximum absolute atomic E-state index is 6.08. The summed E-state index contributed by atoms with van der Waals surface area (Å²) in [5.41, 5.74) is 4.47. The van der Waals surface area contributed by atoms with Gasteiger partial charge < -0.3 is 9.40 Å². The first kappa shape index (κ1) is 19.2. The second-order valence-electron chi connectivity index (χ2n) is 6.33. The van der Waals surface area contributed by atoms with Crippen molar-refractivity contribution < 1.29 is 4.84 Å². The third-order valence-corrected chi connectivity index (χ3v) is 4.86. The molecule has 4 rings (SSSR count). The van der Waals surface area contributed by atoms with E-state index in [9.17, 15) is 0 Å². The molecule has 3 aromatic carbocycles. The molecule has 0 fully saturated rings. The Bertz CT molecular complexity index is 1110. The van der Waals surface area contributed by atoms with Crippen LogP contribution in [0.5, 0.6) is 0 Å². The van der Waals surface area contributed by atoms with Gasteiger partial charge in [-0.25, -0.2) is 4.98 Å². The number of rotatable bonds is 6. The predicted octanol–water partition coefficient (Wildman–Crippen LogP) is 6.15. The highest BCUT2D eigenvalue weighted by atomic mass is 35.5. The molecule has 0 aliphatic heterocycles. The van der Waals surface area contributed by atoms with Gasteiger partial charge in [0.1, 0.15) is 12.3 Å². The Balaban J connectivity index is 1.71. The van der Waals surface area contributed by atoms with Crippen LogP contribution in [-0.4, -0.2) is 15.3 Å². The lowest BCUT2D eigenvalue weighted by Crippen LogP contribution is -2.09. The Labute approximate surface area is 179 Å². The molecule has 4 nitrogen and oxygen atoms in total. The Kier molecular flexibility index (Phi) is 5.94. The van der Waals surface area contributed by atoms with Gasteiger partial charge in [-0.2, -0.15) is 0 Å². The minimum absolute atomic E-state index is 0.335. The van der Waals surface area contributed by atoms with Crippen LogP contribution in [0, 0.1) is 0 Å². The van der Waals surface area contributed by atoms with Gasteiger partial charge in [-0.3, -0.25) is 0 Å². The predicted molar refractivity (Wildman–Crippen MR) is 117 cm³/mol. The fourth-order valence-electron chi connectivity index (χ4n) is 2.92. The summed E-state index contributed by atoms with van der Waals surface area (Å²) in [5, 5.41) is 5.84. The summed E-state index contributed by atoms with van der Waals surface area (Å²) in [7, 11) is 0. The van der Waals surface area contributed by atoms with Crippen LogP contribution >= 0.6 is 23.2 Å². The van der Waals surface area contributed by atoms with E-state index in [1.165, 1.54) is 0 Å². The van der Waals surface area contributed by atoms with Gasteiger partial charge in [0, 0.05) is 33.6 Å². The molecule has 0 bridgehead atoms.